The van der Waals surface area contributed by atoms with Crippen molar-refractivity contribution in [3.05, 3.63) is 39.2 Å². The molecule has 0 atom stereocenters. The quantitative estimate of drug-likeness (QED) is 0.890. The van der Waals surface area contributed by atoms with Crippen molar-refractivity contribution in [1.29, 1.82) is 0 Å². The molecular weight excluding hydrogens is 276 g/mol. The smallest absolute Gasteiger partial charge is 0.107 e. The Balaban J connectivity index is 2.22. The van der Waals surface area contributed by atoms with Crippen LogP contribution >= 0.6 is 22.9 Å². The Hall–Kier alpha value is -0.900. The minimum absolute atomic E-state index is 0.107. The molecule has 0 aliphatic carbocycles. The molecule has 1 N–H and O–H groups in total. The van der Waals surface area contributed by atoms with Gasteiger partial charge in [0.15, 0.2) is 0 Å². The van der Waals surface area contributed by atoms with Gasteiger partial charge < -0.3 is 5.32 Å². The van der Waals surface area contributed by atoms with Crippen LogP contribution in [-0.2, 0) is 6.54 Å². The molecule has 1 aromatic heterocycles. The van der Waals surface area contributed by atoms with Crippen molar-refractivity contribution in [2.24, 2.45) is 0 Å². The van der Waals surface area contributed by atoms with Gasteiger partial charge >= 0.3 is 0 Å². The summed E-state index contributed by atoms with van der Waals surface area (Å²) in [7, 11) is 0. The molecule has 0 bridgehead atoms. The molecule has 0 saturated carbocycles. The summed E-state index contributed by atoms with van der Waals surface area (Å²) >= 11 is 7.78. The summed E-state index contributed by atoms with van der Waals surface area (Å²) in [6.07, 6.45) is 0. The second-order valence-corrected chi connectivity index (χ2v) is 7.35. The second-order valence-electron chi connectivity index (χ2n) is 5.63. The van der Waals surface area contributed by atoms with Gasteiger partial charge in [0, 0.05) is 27.5 Å². The fraction of sp³-hybridized carbons (Fsp3) is 0.400. The zero-order valence-corrected chi connectivity index (χ0v) is 13.3. The van der Waals surface area contributed by atoms with Crippen LogP contribution in [0.15, 0.2) is 24.3 Å². The Morgan fingerprint density at radius 2 is 2.05 bits per heavy atom. The summed E-state index contributed by atoms with van der Waals surface area (Å²) < 4.78 is 0. The maximum atomic E-state index is 6.04. The van der Waals surface area contributed by atoms with E-state index in [0.717, 1.165) is 27.8 Å². The van der Waals surface area contributed by atoms with E-state index in [1.54, 1.807) is 11.3 Å². The van der Waals surface area contributed by atoms with Crippen LogP contribution in [0.3, 0.4) is 0 Å². The lowest BCUT2D eigenvalue weighted by Crippen LogP contribution is -2.34. The largest absolute Gasteiger partial charge is 0.306 e. The SMILES string of the molecule is Cc1sc(CNC(C)(C)C)nc1-c1cccc(Cl)c1. The molecule has 0 saturated heterocycles. The second kappa shape index (κ2) is 5.61. The van der Waals surface area contributed by atoms with E-state index >= 15 is 0 Å². The van der Waals surface area contributed by atoms with Crippen molar-refractivity contribution >= 4 is 22.9 Å². The van der Waals surface area contributed by atoms with Crippen LogP contribution in [0.5, 0.6) is 0 Å². The summed E-state index contributed by atoms with van der Waals surface area (Å²) in [6.45, 7) is 9.38. The molecule has 0 aliphatic heterocycles. The van der Waals surface area contributed by atoms with Gasteiger partial charge in [0.05, 0.1) is 5.69 Å². The van der Waals surface area contributed by atoms with Gasteiger partial charge in [-0.25, -0.2) is 4.98 Å². The Morgan fingerprint density at radius 1 is 1.32 bits per heavy atom. The van der Waals surface area contributed by atoms with Crippen LogP contribution in [0.1, 0.15) is 30.7 Å². The van der Waals surface area contributed by atoms with E-state index in [-0.39, 0.29) is 5.54 Å². The number of nitrogens with one attached hydrogen (secondary N) is 1. The first kappa shape index (κ1) is 14.5. The molecule has 2 aromatic rings. The average molecular weight is 295 g/mol. The van der Waals surface area contributed by atoms with E-state index in [2.05, 4.69) is 39.1 Å². The van der Waals surface area contributed by atoms with Gasteiger partial charge in [0.25, 0.3) is 0 Å². The average Bonchev–Trinajstić information content (AvgIpc) is 2.67. The Bertz CT molecular complexity index is 570. The van der Waals surface area contributed by atoms with Crippen LogP contribution in [-0.4, -0.2) is 10.5 Å². The summed E-state index contributed by atoms with van der Waals surface area (Å²) in [5.74, 6) is 0. The number of aryl methyl sites for hydroxylation is 1. The molecule has 0 radical (unpaired) electrons. The number of thiazole rings is 1. The van der Waals surface area contributed by atoms with Gasteiger partial charge in [-0.15, -0.1) is 11.3 Å². The van der Waals surface area contributed by atoms with Crippen molar-refractivity contribution in [3.63, 3.8) is 0 Å². The molecule has 102 valence electrons. The van der Waals surface area contributed by atoms with E-state index in [0.29, 0.717) is 0 Å². The molecule has 2 nitrogen and oxygen atoms in total. The summed E-state index contributed by atoms with van der Waals surface area (Å²) in [5, 5.41) is 5.33. The normalized spacial score (nSPS) is 11.8. The lowest BCUT2D eigenvalue weighted by Gasteiger charge is -2.19. The molecule has 4 heteroatoms. The number of hydrogen-bond acceptors (Lipinski definition) is 3. The van der Waals surface area contributed by atoms with Gasteiger partial charge in [-0.2, -0.15) is 0 Å². The van der Waals surface area contributed by atoms with E-state index in [1.807, 2.05) is 18.2 Å². The first-order valence-electron chi connectivity index (χ1n) is 6.32. The minimum atomic E-state index is 0.107. The maximum Gasteiger partial charge on any atom is 0.107 e. The highest BCUT2D eigenvalue weighted by Gasteiger charge is 2.13. The first-order chi connectivity index (χ1) is 8.85. The fourth-order valence-electron chi connectivity index (χ4n) is 1.77. The molecule has 1 aromatic carbocycles. The zero-order valence-electron chi connectivity index (χ0n) is 11.7. The van der Waals surface area contributed by atoms with Crippen molar-refractivity contribution in [1.82, 2.24) is 10.3 Å². The summed E-state index contributed by atoms with van der Waals surface area (Å²) in [4.78, 5) is 5.95. The third kappa shape index (κ3) is 4.03. The van der Waals surface area contributed by atoms with Crippen LogP contribution in [0.4, 0.5) is 0 Å². The topological polar surface area (TPSA) is 24.9 Å². The number of rotatable bonds is 3. The highest BCUT2D eigenvalue weighted by Crippen LogP contribution is 2.29. The van der Waals surface area contributed by atoms with E-state index in [4.69, 9.17) is 16.6 Å². The van der Waals surface area contributed by atoms with Gasteiger partial charge in [-0.3, -0.25) is 0 Å². The lowest BCUT2D eigenvalue weighted by molar-refractivity contribution is 0.424. The van der Waals surface area contributed by atoms with Crippen LogP contribution in [0, 0.1) is 6.92 Å². The van der Waals surface area contributed by atoms with Crippen LogP contribution in [0.25, 0.3) is 11.3 Å². The zero-order chi connectivity index (χ0) is 14.0. The summed E-state index contributed by atoms with van der Waals surface area (Å²) in [5.41, 5.74) is 2.23. The number of halogens is 1. The van der Waals surface area contributed by atoms with Crippen molar-refractivity contribution in [3.8, 4) is 11.3 Å². The Kier molecular flexibility index (Phi) is 4.29. The van der Waals surface area contributed by atoms with Gasteiger partial charge in [0.1, 0.15) is 5.01 Å². The highest BCUT2D eigenvalue weighted by atomic mass is 35.5. The number of nitrogens with zero attached hydrogens (tertiary/aromatic N) is 1. The minimum Gasteiger partial charge on any atom is -0.306 e. The Labute approximate surface area is 123 Å². The molecule has 19 heavy (non-hydrogen) atoms. The standard InChI is InChI=1S/C15H19ClN2S/c1-10-14(11-6-5-7-12(16)8-11)18-13(19-10)9-17-15(2,3)4/h5-8,17H,9H2,1-4H3. The monoisotopic (exact) mass is 294 g/mol. The molecule has 2 rings (SSSR count). The third-order valence-electron chi connectivity index (χ3n) is 2.71. The molecule has 1 heterocycles. The predicted molar refractivity (Wildman–Crippen MR) is 83.9 cm³/mol. The third-order valence-corrected chi connectivity index (χ3v) is 3.91. The lowest BCUT2D eigenvalue weighted by atomic mass is 10.1. The maximum absolute atomic E-state index is 6.04. The predicted octanol–water partition coefficient (Wildman–Crippen LogP) is 4.66. The molecule has 0 spiro atoms. The Morgan fingerprint density at radius 3 is 2.68 bits per heavy atom. The van der Waals surface area contributed by atoms with Gasteiger partial charge in [-0.1, -0.05) is 23.7 Å². The number of hydrogen-bond donors (Lipinski definition) is 1. The van der Waals surface area contributed by atoms with Crippen molar-refractivity contribution < 1.29 is 0 Å². The first-order valence-corrected chi connectivity index (χ1v) is 7.52. The number of benzene rings is 1. The molecular formula is C15H19ClN2S. The van der Waals surface area contributed by atoms with E-state index < -0.39 is 0 Å². The van der Waals surface area contributed by atoms with Crippen LogP contribution in [0.2, 0.25) is 5.02 Å². The fourth-order valence-corrected chi connectivity index (χ4v) is 2.86. The van der Waals surface area contributed by atoms with Crippen molar-refractivity contribution in [2.45, 2.75) is 39.8 Å². The molecule has 0 unspecified atom stereocenters. The molecule has 0 amide bonds. The number of aromatic nitrogens is 1. The van der Waals surface area contributed by atoms with Crippen LogP contribution < -0.4 is 5.32 Å². The molecule has 0 aliphatic rings. The van der Waals surface area contributed by atoms with Crippen molar-refractivity contribution in [2.75, 3.05) is 0 Å². The van der Waals surface area contributed by atoms with Gasteiger partial charge in [-0.05, 0) is 39.8 Å². The van der Waals surface area contributed by atoms with Gasteiger partial charge in [0.2, 0.25) is 0 Å². The van der Waals surface area contributed by atoms with E-state index in [9.17, 15) is 0 Å². The summed E-state index contributed by atoms with van der Waals surface area (Å²) in [6, 6.07) is 7.86. The molecule has 0 fully saturated rings. The van der Waals surface area contributed by atoms with E-state index in [1.165, 1.54) is 4.88 Å². The highest BCUT2D eigenvalue weighted by molar-refractivity contribution is 7.12.